The molecular weight excluding hydrogens is 266 g/mol. The number of alkyl halides is 1. The Bertz CT molecular complexity index is 235. The zero-order valence-electron chi connectivity index (χ0n) is 10.7. The highest BCUT2D eigenvalue weighted by Gasteiger charge is 2.24. The maximum absolute atomic E-state index is 11.6. The minimum atomic E-state index is -0.438. The van der Waals surface area contributed by atoms with E-state index in [1.807, 2.05) is 13.8 Å². The third kappa shape index (κ3) is 4.86. The van der Waals surface area contributed by atoms with Gasteiger partial charge in [0.2, 0.25) is 5.91 Å². The van der Waals surface area contributed by atoms with E-state index < -0.39 is 4.32 Å². The van der Waals surface area contributed by atoms with Gasteiger partial charge in [-0.2, -0.15) is 0 Å². The highest BCUT2D eigenvalue weighted by molar-refractivity contribution is 9.10. The molecule has 1 saturated carbocycles. The van der Waals surface area contributed by atoms with Gasteiger partial charge in [-0.3, -0.25) is 4.79 Å². The number of hydrogen-bond acceptors (Lipinski definition) is 1. The number of halogens is 1. The third-order valence-electron chi connectivity index (χ3n) is 3.42. The summed E-state index contributed by atoms with van der Waals surface area (Å²) < 4.78 is -0.438. The lowest BCUT2D eigenvalue weighted by atomic mass is 9.81. The van der Waals surface area contributed by atoms with Gasteiger partial charge in [-0.1, -0.05) is 42.1 Å². The lowest BCUT2D eigenvalue weighted by Crippen LogP contribution is -2.38. The van der Waals surface area contributed by atoms with Gasteiger partial charge < -0.3 is 5.32 Å². The summed E-state index contributed by atoms with van der Waals surface area (Å²) >= 11 is 3.37. The maximum atomic E-state index is 11.6. The van der Waals surface area contributed by atoms with Crippen LogP contribution in [-0.4, -0.2) is 16.8 Å². The van der Waals surface area contributed by atoms with Crippen LogP contribution in [0.4, 0.5) is 0 Å². The van der Waals surface area contributed by atoms with E-state index in [1.54, 1.807) is 0 Å². The molecule has 0 aromatic carbocycles. The number of hydrogen-bond donors (Lipinski definition) is 1. The molecule has 0 radical (unpaired) electrons. The van der Waals surface area contributed by atoms with Gasteiger partial charge in [-0.15, -0.1) is 0 Å². The summed E-state index contributed by atoms with van der Waals surface area (Å²) in [5.74, 6) is 1.79. The summed E-state index contributed by atoms with van der Waals surface area (Å²) in [4.78, 5) is 11.6. The molecular formula is C13H24BrNO. The first-order valence-electron chi connectivity index (χ1n) is 6.37. The fourth-order valence-corrected chi connectivity index (χ4v) is 2.56. The largest absolute Gasteiger partial charge is 0.355 e. The van der Waals surface area contributed by atoms with Crippen LogP contribution in [0.3, 0.4) is 0 Å². The van der Waals surface area contributed by atoms with Crippen molar-refractivity contribution >= 4 is 21.8 Å². The highest BCUT2D eigenvalue weighted by atomic mass is 79.9. The third-order valence-corrected chi connectivity index (χ3v) is 3.78. The summed E-state index contributed by atoms with van der Waals surface area (Å²) in [6.45, 7) is 6.92. The monoisotopic (exact) mass is 289 g/mol. The maximum Gasteiger partial charge on any atom is 0.236 e. The van der Waals surface area contributed by atoms with Crippen molar-refractivity contribution < 1.29 is 4.79 Å². The second kappa shape index (κ2) is 6.04. The van der Waals surface area contributed by atoms with Gasteiger partial charge in [0.1, 0.15) is 0 Å². The van der Waals surface area contributed by atoms with E-state index in [4.69, 9.17) is 0 Å². The zero-order valence-corrected chi connectivity index (χ0v) is 12.3. The van der Waals surface area contributed by atoms with Crippen molar-refractivity contribution in [3.63, 3.8) is 0 Å². The van der Waals surface area contributed by atoms with Gasteiger partial charge in [-0.25, -0.2) is 0 Å². The van der Waals surface area contributed by atoms with Crippen molar-refractivity contribution in [1.29, 1.82) is 0 Å². The first-order valence-corrected chi connectivity index (χ1v) is 7.16. The molecule has 1 N–H and O–H groups in total. The lowest BCUT2D eigenvalue weighted by molar-refractivity contribution is -0.122. The molecule has 0 aliphatic heterocycles. The van der Waals surface area contributed by atoms with Crippen LogP contribution < -0.4 is 5.32 Å². The number of nitrogens with one attached hydrogen (secondary N) is 1. The summed E-state index contributed by atoms with van der Waals surface area (Å²) in [5.41, 5.74) is 0. The van der Waals surface area contributed by atoms with Crippen LogP contribution in [0.2, 0.25) is 0 Å². The van der Waals surface area contributed by atoms with Crippen LogP contribution in [0.1, 0.15) is 52.9 Å². The van der Waals surface area contributed by atoms with Crippen LogP contribution >= 0.6 is 15.9 Å². The molecule has 1 aliphatic rings. The predicted molar refractivity (Wildman–Crippen MR) is 71.8 cm³/mol. The second-order valence-electron chi connectivity index (χ2n) is 5.65. The molecule has 16 heavy (non-hydrogen) atoms. The quantitative estimate of drug-likeness (QED) is 0.789. The van der Waals surface area contributed by atoms with Gasteiger partial charge in [0, 0.05) is 6.54 Å². The van der Waals surface area contributed by atoms with E-state index in [1.165, 1.54) is 25.7 Å². The molecule has 3 heteroatoms. The number of rotatable bonds is 4. The van der Waals surface area contributed by atoms with Crippen molar-refractivity contribution in [2.75, 3.05) is 6.54 Å². The molecule has 1 fully saturated rings. The Hall–Kier alpha value is -0.0500. The highest BCUT2D eigenvalue weighted by Crippen LogP contribution is 2.30. The summed E-state index contributed by atoms with van der Waals surface area (Å²) in [7, 11) is 0. The Morgan fingerprint density at radius 1 is 1.44 bits per heavy atom. The van der Waals surface area contributed by atoms with Crippen molar-refractivity contribution in [2.45, 2.75) is 57.2 Å². The topological polar surface area (TPSA) is 29.1 Å². The van der Waals surface area contributed by atoms with E-state index in [2.05, 4.69) is 28.2 Å². The Labute approximate surface area is 108 Å². The fraction of sp³-hybridized carbons (Fsp3) is 0.923. The second-order valence-corrected chi connectivity index (χ2v) is 7.64. The molecule has 2 nitrogen and oxygen atoms in total. The molecule has 0 aromatic rings. The number of amides is 1. The van der Waals surface area contributed by atoms with Crippen molar-refractivity contribution in [3.8, 4) is 0 Å². The summed E-state index contributed by atoms with van der Waals surface area (Å²) in [5, 5.41) is 3.00. The Morgan fingerprint density at radius 3 is 2.69 bits per heavy atom. The molecule has 0 aromatic heterocycles. The smallest absolute Gasteiger partial charge is 0.236 e. The van der Waals surface area contributed by atoms with Crippen LogP contribution in [0, 0.1) is 11.8 Å². The molecule has 0 bridgehead atoms. The molecule has 94 valence electrons. The Balaban J connectivity index is 2.18. The minimum absolute atomic E-state index is 0.0938. The van der Waals surface area contributed by atoms with Crippen LogP contribution in [-0.2, 0) is 4.79 Å². The van der Waals surface area contributed by atoms with Crippen molar-refractivity contribution in [2.24, 2.45) is 11.8 Å². The standard InChI is InChI=1S/C13H24BrNO/c1-10-5-4-6-11(9-10)7-8-15-12(16)13(2,3)14/h10-11H,4-9H2,1-3H3,(H,15,16). The van der Waals surface area contributed by atoms with Gasteiger partial charge >= 0.3 is 0 Å². The fourth-order valence-electron chi connectivity index (χ4n) is 2.42. The Morgan fingerprint density at radius 2 is 2.12 bits per heavy atom. The van der Waals surface area contributed by atoms with E-state index in [-0.39, 0.29) is 5.91 Å². The van der Waals surface area contributed by atoms with E-state index in [0.717, 1.165) is 24.8 Å². The molecule has 0 saturated heterocycles. The van der Waals surface area contributed by atoms with Crippen molar-refractivity contribution in [1.82, 2.24) is 5.32 Å². The molecule has 2 unspecified atom stereocenters. The first kappa shape index (κ1) is 14.0. The van der Waals surface area contributed by atoms with Crippen LogP contribution in [0.25, 0.3) is 0 Å². The SMILES string of the molecule is CC1CCCC(CCNC(=O)C(C)(C)Br)C1. The summed E-state index contributed by atoms with van der Waals surface area (Å²) in [6.07, 6.45) is 6.58. The van der Waals surface area contributed by atoms with Crippen molar-refractivity contribution in [3.05, 3.63) is 0 Å². The normalized spacial score (nSPS) is 26.5. The van der Waals surface area contributed by atoms with Gasteiger partial charge in [0.25, 0.3) is 0 Å². The predicted octanol–water partition coefficient (Wildman–Crippen LogP) is 3.49. The number of carbonyl (C=O) groups is 1. The van der Waals surface area contributed by atoms with E-state index in [0.29, 0.717) is 0 Å². The zero-order chi connectivity index (χ0) is 12.2. The molecule has 0 spiro atoms. The Kier molecular flexibility index (Phi) is 5.29. The molecule has 2 atom stereocenters. The van der Waals surface area contributed by atoms with Crippen LogP contribution in [0.5, 0.6) is 0 Å². The molecule has 1 rings (SSSR count). The van der Waals surface area contributed by atoms with E-state index >= 15 is 0 Å². The minimum Gasteiger partial charge on any atom is -0.355 e. The van der Waals surface area contributed by atoms with Crippen LogP contribution in [0.15, 0.2) is 0 Å². The molecule has 1 amide bonds. The van der Waals surface area contributed by atoms with Gasteiger partial charge in [-0.05, 0) is 38.5 Å². The van der Waals surface area contributed by atoms with E-state index in [9.17, 15) is 4.79 Å². The lowest BCUT2D eigenvalue weighted by Gasteiger charge is -2.27. The average molecular weight is 290 g/mol. The summed E-state index contributed by atoms with van der Waals surface area (Å²) in [6, 6.07) is 0. The van der Waals surface area contributed by atoms with Gasteiger partial charge in [0.05, 0.1) is 4.32 Å². The molecule has 1 aliphatic carbocycles. The first-order chi connectivity index (χ1) is 7.39. The number of carbonyl (C=O) groups excluding carboxylic acids is 1. The van der Waals surface area contributed by atoms with Gasteiger partial charge in [0.15, 0.2) is 0 Å². The molecule has 0 heterocycles. The average Bonchev–Trinajstić information content (AvgIpc) is 2.16.